The Morgan fingerprint density at radius 1 is 1.14 bits per heavy atom. The van der Waals surface area contributed by atoms with Crippen molar-refractivity contribution in [2.24, 2.45) is 0 Å². The van der Waals surface area contributed by atoms with Crippen LogP contribution in [-0.2, 0) is 6.42 Å². The first kappa shape index (κ1) is 14.6. The summed E-state index contributed by atoms with van der Waals surface area (Å²) in [7, 11) is 0. The van der Waals surface area contributed by atoms with Gasteiger partial charge in [0.2, 0.25) is 0 Å². The summed E-state index contributed by atoms with van der Waals surface area (Å²) in [5.41, 5.74) is 5.23. The van der Waals surface area contributed by atoms with E-state index in [2.05, 4.69) is 44.3 Å². The topological polar surface area (TPSA) is 29.1 Å². The van der Waals surface area contributed by atoms with Crippen LogP contribution < -0.4 is 5.32 Å². The number of aryl methyl sites for hydroxylation is 1. The molecule has 3 rings (SSSR count). The van der Waals surface area contributed by atoms with Gasteiger partial charge in [0, 0.05) is 28.4 Å². The Hall–Kier alpha value is -2.35. The fraction of sp³-hybridized carbons (Fsp3) is 0.250. The van der Waals surface area contributed by atoms with Gasteiger partial charge >= 0.3 is 0 Å². The number of carbonyl (C=O) groups excluding carboxylic acids is 1. The van der Waals surface area contributed by atoms with E-state index in [9.17, 15) is 4.79 Å². The van der Waals surface area contributed by atoms with E-state index in [1.54, 1.807) is 6.08 Å². The standard InChI is InChI=1S/C20H21NO/c1-14-9-10-16-13-20(2,3)21-18(17(16)11-14)12-19(22)15-7-5-4-6-8-15/h4-12,21H,13H2,1-3H3/b18-12+. The molecule has 0 amide bonds. The van der Waals surface area contributed by atoms with Crippen LogP contribution in [-0.4, -0.2) is 11.3 Å². The summed E-state index contributed by atoms with van der Waals surface area (Å²) in [6.45, 7) is 6.41. The van der Waals surface area contributed by atoms with E-state index in [0.29, 0.717) is 0 Å². The second-order valence-electron chi connectivity index (χ2n) is 6.63. The zero-order chi connectivity index (χ0) is 15.7. The molecular formula is C20H21NO. The van der Waals surface area contributed by atoms with Crippen LogP contribution in [0.2, 0.25) is 0 Å². The normalized spacial score (nSPS) is 17.7. The van der Waals surface area contributed by atoms with Crippen molar-refractivity contribution in [3.8, 4) is 0 Å². The Morgan fingerprint density at radius 3 is 2.59 bits per heavy atom. The minimum absolute atomic E-state index is 0.0354. The third-order valence-corrected chi connectivity index (χ3v) is 3.99. The Kier molecular flexibility index (Phi) is 3.61. The number of fused-ring (bicyclic) bond motifs is 1. The van der Waals surface area contributed by atoms with Gasteiger partial charge in [-0.05, 0) is 38.8 Å². The van der Waals surface area contributed by atoms with Crippen molar-refractivity contribution in [1.29, 1.82) is 0 Å². The zero-order valence-electron chi connectivity index (χ0n) is 13.3. The number of benzene rings is 2. The van der Waals surface area contributed by atoms with E-state index in [1.807, 2.05) is 30.3 Å². The number of rotatable bonds is 2. The summed E-state index contributed by atoms with van der Waals surface area (Å²) in [6.07, 6.45) is 2.69. The lowest BCUT2D eigenvalue weighted by molar-refractivity contribution is 0.104. The number of nitrogens with one attached hydrogen (secondary N) is 1. The molecule has 112 valence electrons. The SMILES string of the molecule is Cc1ccc2c(c1)/C(=C\C(=O)c1ccccc1)NC(C)(C)C2. The van der Waals surface area contributed by atoms with Gasteiger partial charge in [-0.25, -0.2) is 0 Å². The molecule has 0 aromatic heterocycles. The molecule has 0 saturated carbocycles. The van der Waals surface area contributed by atoms with Crippen LogP contribution in [0.4, 0.5) is 0 Å². The van der Waals surface area contributed by atoms with Crippen LogP contribution in [0.5, 0.6) is 0 Å². The van der Waals surface area contributed by atoms with Crippen LogP contribution in [0.25, 0.3) is 5.70 Å². The molecule has 1 heterocycles. The molecule has 2 aromatic carbocycles. The highest BCUT2D eigenvalue weighted by Crippen LogP contribution is 2.30. The largest absolute Gasteiger partial charge is 0.379 e. The van der Waals surface area contributed by atoms with E-state index in [1.165, 1.54) is 11.1 Å². The number of hydrogen-bond donors (Lipinski definition) is 1. The van der Waals surface area contributed by atoms with E-state index >= 15 is 0 Å². The van der Waals surface area contributed by atoms with Crippen molar-refractivity contribution < 1.29 is 4.79 Å². The van der Waals surface area contributed by atoms with E-state index in [4.69, 9.17) is 0 Å². The molecule has 0 fully saturated rings. The maximum atomic E-state index is 12.5. The molecule has 0 radical (unpaired) electrons. The average Bonchev–Trinajstić information content (AvgIpc) is 2.48. The van der Waals surface area contributed by atoms with E-state index in [0.717, 1.165) is 23.2 Å². The molecule has 0 atom stereocenters. The van der Waals surface area contributed by atoms with Crippen LogP contribution in [0, 0.1) is 6.92 Å². The second kappa shape index (κ2) is 5.45. The molecule has 22 heavy (non-hydrogen) atoms. The first-order valence-corrected chi connectivity index (χ1v) is 7.64. The molecule has 0 aliphatic carbocycles. The maximum absolute atomic E-state index is 12.5. The van der Waals surface area contributed by atoms with Gasteiger partial charge in [0.1, 0.15) is 0 Å². The minimum atomic E-state index is -0.0505. The van der Waals surface area contributed by atoms with Crippen LogP contribution >= 0.6 is 0 Å². The summed E-state index contributed by atoms with van der Waals surface area (Å²) in [5.74, 6) is 0.0354. The minimum Gasteiger partial charge on any atom is -0.379 e. The highest BCUT2D eigenvalue weighted by molar-refractivity contribution is 6.08. The molecule has 0 bridgehead atoms. The van der Waals surface area contributed by atoms with Gasteiger partial charge in [0.15, 0.2) is 5.78 Å². The van der Waals surface area contributed by atoms with Gasteiger partial charge in [-0.3, -0.25) is 4.79 Å². The van der Waals surface area contributed by atoms with Gasteiger partial charge in [-0.2, -0.15) is 0 Å². The first-order valence-electron chi connectivity index (χ1n) is 7.64. The first-order chi connectivity index (χ1) is 10.4. The Morgan fingerprint density at radius 2 is 1.86 bits per heavy atom. The summed E-state index contributed by atoms with van der Waals surface area (Å²) >= 11 is 0. The summed E-state index contributed by atoms with van der Waals surface area (Å²) in [4.78, 5) is 12.5. The fourth-order valence-electron chi connectivity index (χ4n) is 2.98. The van der Waals surface area contributed by atoms with Crippen molar-refractivity contribution in [1.82, 2.24) is 5.32 Å². The second-order valence-corrected chi connectivity index (χ2v) is 6.63. The van der Waals surface area contributed by atoms with Crippen molar-refractivity contribution in [3.05, 3.63) is 76.9 Å². The smallest absolute Gasteiger partial charge is 0.187 e. The molecule has 0 saturated heterocycles. The zero-order valence-corrected chi connectivity index (χ0v) is 13.3. The lowest BCUT2D eigenvalue weighted by atomic mass is 9.85. The highest BCUT2D eigenvalue weighted by atomic mass is 16.1. The number of hydrogen-bond acceptors (Lipinski definition) is 2. The van der Waals surface area contributed by atoms with Crippen molar-refractivity contribution in [2.75, 3.05) is 0 Å². The Labute approximate surface area is 131 Å². The molecule has 1 aliphatic heterocycles. The van der Waals surface area contributed by atoms with Crippen LogP contribution in [0.3, 0.4) is 0 Å². The maximum Gasteiger partial charge on any atom is 0.187 e. The number of ketones is 1. The summed E-state index contributed by atoms with van der Waals surface area (Å²) in [5, 5.41) is 3.52. The molecule has 1 aliphatic rings. The quantitative estimate of drug-likeness (QED) is 0.665. The van der Waals surface area contributed by atoms with Gasteiger partial charge in [-0.15, -0.1) is 0 Å². The lowest BCUT2D eigenvalue weighted by Crippen LogP contribution is -2.43. The van der Waals surface area contributed by atoms with Crippen LogP contribution in [0.15, 0.2) is 54.6 Å². The molecule has 2 nitrogen and oxygen atoms in total. The predicted molar refractivity (Wildman–Crippen MR) is 90.8 cm³/mol. The Bertz CT molecular complexity index is 742. The molecular weight excluding hydrogens is 270 g/mol. The summed E-state index contributed by atoms with van der Waals surface area (Å²) < 4.78 is 0. The number of allylic oxidation sites excluding steroid dienone is 1. The molecule has 0 spiro atoms. The lowest BCUT2D eigenvalue weighted by Gasteiger charge is -2.35. The Balaban J connectivity index is 2.05. The van der Waals surface area contributed by atoms with Crippen molar-refractivity contribution in [2.45, 2.75) is 32.7 Å². The van der Waals surface area contributed by atoms with Gasteiger partial charge < -0.3 is 5.32 Å². The molecule has 2 aromatic rings. The van der Waals surface area contributed by atoms with E-state index in [-0.39, 0.29) is 11.3 Å². The van der Waals surface area contributed by atoms with Crippen LogP contribution in [0.1, 0.15) is 40.9 Å². The van der Waals surface area contributed by atoms with Gasteiger partial charge in [-0.1, -0.05) is 48.0 Å². The van der Waals surface area contributed by atoms with Gasteiger partial charge in [0.25, 0.3) is 0 Å². The molecule has 0 unspecified atom stereocenters. The highest BCUT2D eigenvalue weighted by Gasteiger charge is 2.27. The van der Waals surface area contributed by atoms with E-state index < -0.39 is 0 Å². The third-order valence-electron chi connectivity index (χ3n) is 3.99. The monoisotopic (exact) mass is 291 g/mol. The summed E-state index contributed by atoms with van der Waals surface area (Å²) in [6, 6.07) is 15.9. The molecule has 1 N–H and O–H groups in total. The average molecular weight is 291 g/mol. The number of carbonyl (C=O) groups is 1. The van der Waals surface area contributed by atoms with Crippen molar-refractivity contribution >= 4 is 11.5 Å². The van der Waals surface area contributed by atoms with Crippen molar-refractivity contribution in [3.63, 3.8) is 0 Å². The van der Waals surface area contributed by atoms with Gasteiger partial charge in [0.05, 0.1) is 0 Å². The predicted octanol–water partition coefficient (Wildman–Crippen LogP) is 4.14. The third kappa shape index (κ3) is 2.96. The molecule has 2 heteroatoms. The fourth-order valence-corrected chi connectivity index (χ4v) is 2.98.